The van der Waals surface area contributed by atoms with E-state index >= 15 is 0 Å². The van der Waals surface area contributed by atoms with Gasteiger partial charge >= 0.3 is 0 Å². The minimum Gasteiger partial charge on any atom is -0.482 e. The highest BCUT2D eigenvalue weighted by molar-refractivity contribution is 6.05. The fourth-order valence-electron chi connectivity index (χ4n) is 2.53. The topological polar surface area (TPSA) is 135 Å². The highest BCUT2D eigenvalue weighted by Crippen LogP contribution is 2.33. The molecule has 3 aromatic rings. The summed E-state index contributed by atoms with van der Waals surface area (Å²) in [5, 5.41) is 14.3. The number of aromatic nitrogens is 3. The average molecular weight is 324 g/mol. The number of nitrogens with zero attached hydrogens (tertiary/aromatic N) is 2. The smallest absolute Gasteiger partial charge is 0.271 e. The van der Waals surface area contributed by atoms with E-state index in [9.17, 15) is 9.59 Å². The Morgan fingerprint density at radius 1 is 1.29 bits per heavy atom. The minimum absolute atomic E-state index is 0.0101. The Balaban J connectivity index is 1.78. The molecule has 0 radical (unpaired) electrons. The van der Waals surface area contributed by atoms with Crippen LogP contribution in [-0.2, 0) is 4.79 Å². The van der Waals surface area contributed by atoms with Crippen molar-refractivity contribution in [1.29, 1.82) is 0 Å². The quantitative estimate of drug-likeness (QED) is 0.570. The summed E-state index contributed by atoms with van der Waals surface area (Å²) in [5.41, 5.74) is 7.56. The number of benzene rings is 1. The molecule has 2 amide bonds. The van der Waals surface area contributed by atoms with Gasteiger partial charge in [-0.3, -0.25) is 9.59 Å². The number of amides is 2. The predicted octanol–water partition coefficient (Wildman–Crippen LogP) is 1.13. The van der Waals surface area contributed by atoms with Gasteiger partial charge in [-0.25, -0.2) is 0 Å². The Morgan fingerprint density at radius 3 is 3.00 bits per heavy atom. The number of carbonyl (C=O) groups is 2. The number of fused-ring (bicyclic) bond motifs is 2. The lowest BCUT2D eigenvalue weighted by atomic mass is 10.2. The molecule has 3 heterocycles. The lowest BCUT2D eigenvalue weighted by Gasteiger charge is -2.19. The van der Waals surface area contributed by atoms with Gasteiger partial charge in [-0.2, -0.15) is 0 Å². The first-order chi connectivity index (χ1) is 11.6. The van der Waals surface area contributed by atoms with Gasteiger partial charge in [-0.1, -0.05) is 0 Å². The van der Waals surface area contributed by atoms with Gasteiger partial charge in [0, 0.05) is 17.3 Å². The van der Waals surface area contributed by atoms with Crippen molar-refractivity contribution in [2.24, 2.45) is 5.73 Å². The molecular formula is C15H12N6O3. The monoisotopic (exact) mass is 324 g/mol. The number of hydrogen-bond donors (Lipinski definition) is 4. The van der Waals surface area contributed by atoms with E-state index in [-0.39, 0.29) is 18.2 Å². The number of carbonyl (C=O) groups excluding carboxylic acids is 2. The highest BCUT2D eigenvalue weighted by atomic mass is 16.5. The van der Waals surface area contributed by atoms with Crippen LogP contribution in [0.4, 0.5) is 17.1 Å². The molecule has 120 valence electrons. The summed E-state index contributed by atoms with van der Waals surface area (Å²) in [4.78, 5) is 26.0. The van der Waals surface area contributed by atoms with Gasteiger partial charge in [0.2, 0.25) is 0 Å². The third-order valence-corrected chi connectivity index (χ3v) is 3.60. The predicted molar refractivity (Wildman–Crippen MR) is 86.3 cm³/mol. The minimum atomic E-state index is -0.692. The van der Waals surface area contributed by atoms with Gasteiger partial charge in [-0.15, -0.1) is 10.2 Å². The van der Waals surface area contributed by atoms with Gasteiger partial charge in [0.25, 0.3) is 11.8 Å². The molecular weight excluding hydrogens is 312 g/mol. The van der Waals surface area contributed by atoms with Gasteiger partial charge in [0.15, 0.2) is 17.9 Å². The van der Waals surface area contributed by atoms with Crippen LogP contribution in [0.3, 0.4) is 0 Å². The molecule has 1 aromatic carbocycles. The number of anilines is 3. The molecule has 0 aliphatic carbocycles. The van der Waals surface area contributed by atoms with E-state index in [0.29, 0.717) is 33.8 Å². The Bertz CT molecular complexity index is 980. The zero-order valence-corrected chi connectivity index (χ0v) is 12.3. The summed E-state index contributed by atoms with van der Waals surface area (Å²) in [6.45, 7) is -0.0101. The summed E-state index contributed by atoms with van der Waals surface area (Å²) in [6, 6.07) is 6.96. The zero-order chi connectivity index (χ0) is 16.7. The molecule has 9 heteroatoms. The molecule has 0 saturated carbocycles. The number of nitrogens with one attached hydrogen (secondary N) is 3. The molecule has 0 bridgehead atoms. The van der Waals surface area contributed by atoms with Crippen LogP contribution in [0.1, 0.15) is 10.5 Å². The van der Waals surface area contributed by atoms with E-state index in [0.717, 1.165) is 0 Å². The molecule has 0 fully saturated rings. The number of primary amides is 1. The third kappa shape index (κ3) is 2.28. The first kappa shape index (κ1) is 14.0. The van der Waals surface area contributed by atoms with E-state index in [1.807, 2.05) is 0 Å². The van der Waals surface area contributed by atoms with Crippen LogP contribution in [-0.4, -0.2) is 33.6 Å². The molecule has 9 nitrogen and oxygen atoms in total. The molecule has 0 unspecified atom stereocenters. The van der Waals surface area contributed by atoms with E-state index in [1.165, 1.54) is 0 Å². The van der Waals surface area contributed by atoms with Crippen LogP contribution >= 0.6 is 0 Å². The maximum atomic E-state index is 11.6. The second-order valence-corrected chi connectivity index (χ2v) is 5.20. The van der Waals surface area contributed by atoms with E-state index in [1.54, 1.807) is 30.5 Å². The Labute approximate surface area is 135 Å². The number of hydrogen-bond acceptors (Lipinski definition) is 6. The van der Waals surface area contributed by atoms with Crippen molar-refractivity contribution < 1.29 is 14.3 Å². The number of nitrogens with two attached hydrogens (primary N) is 1. The Kier molecular flexibility index (Phi) is 3.05. The first-order valence-electron chi connectivity index (χ1n) is 7.09. The summed E-state index contributed by atoms with van der Waals surface area (Å²) >= 11 is 0. The highest BCUT2D eigenvalue weighted by Gasteiger charge is 2.19. The van der Waals surface area contributed by atoms with Crippen LogP contribution in [0.2, 0.25) is 0 Å². The zero-order valence-electron chi connectivity index (χ0n) is 12.3. The maximum Gasteiger partial charge on any atom is 0.271 e. The van der Waals surface area contributed by atoms with E-state index in [2.05, 4.69) is 25.8 Å². The van der Waals surface area contributed by atoms with Crippen LogP contribution in [0.25, 0.3) is 11.0 Å². The average Bonchev–Trinajstić information content (AvgIpc) is 3.03. The van der Waals surface area contributed by atoms with Crippen molar-refractivity contribution in [3.8, 4) is 5.75 Å². The molecule has 24 heavy (non-hydrogen) atoms. The molecule has 1 aliphatic heterocycles. The third-order valence-electron chi connectivity index (χ3n) is 3.60. The molecule has 0 saturated heterocycles. The fourth-order valence-corrected chi connectivity index (χ4v) is 2.53. The van der Waals surface area contributed by atoms with Crippen LogP contribution < -0.4 is 21.1 Å². The summed E-state index contributed by atoms with van der Waals surface area (Å²) < 4.78 is 5.32. The Morgan fingerprint density at radius 2 is 2.17 bits per heavy atom. The molecule has 1 aliphatic rings. The van der Waals surface area contributed by atoms with Crippen LogP contribution in [0.5, 0.6) is 5.75 Å². The molecule has 2 aromatic heterocycles. The van der Waals surface area contributed by atoms with Crippen molar-refractivity contribution >= 4 is 39.9 Å². The van der Waals surface area contributed by atoms with Crippen molar-refractivity contribution in [2.45, 2.75) is 0 Å². The normalized spacial score (nSPS) is 13.1. The molecule has 0 atom stereocenters. The van der Waals surface area contributed by atoms with Gasteiger partial charge in [-0.05, 0) is 24.3 Å². The molecule has 0 spiro atoms. The standard InChI is InChI=1S/C15H12N6O3/c16-14(23)13-12(8-3-4-17-15(8)21-20-13)18-7-1-2-10-9(5-7)19-11(22)6-24-10/h1-5H,6H2,(H2,16,23)(H,19,22)(H2,17,18,21). The van der Waals surface area contributed by atoms with Crippen molar-refractivity contribution in [1.82, 2.24) is 15.2 Å². The Hall–Kier alpha value is -3.62. The fraction of sp³-hybridized carbons (Fsp3) is 0.0667. The number of rotatable bonds is 3. The lowest BCUT2D eigenvalue weighted by molar-refractivity contribution is -0.118. The van der Waals surface area contributed by atoms with E-state index in [4.69, 9.17) is 10.5 Å². The summed E-state index contributed by atoms with van der Waals surface area (Å²) in [7, 11) is 0. The largest absolute Gasteiger partial charge is 0.482 e. The van der Waals surface area contributed by atoms with Crippen LogP contribution in [0, 0.1) is 0 Å². The SMILES string of the molecule is NC(=O)c1nnc2[nH]ccc2c1Nc1ccc2c(c1)NC(=O)CO2. The van der Waals surface area contributed by atoms with Gasteiger partial charge < -0.3 is 26.1 Å². The first-order valence-corrected chi connectivity index (χ1v) is 7.09. The maximum absolute atomic E-state index is 11.6. The lowest BCUT2D eigenvalue weighted by Crippen LogP contribution is -2.25. The second-order valence-electron chi connectivity index (χ2n) is 5.20. The summed E-state index contributed by atoms with van der Waals surface area (Å²) in [6.07, 6.45) is 1.69. The van der Waals surface area contributed by atoms with Crippen molar-refractivity contribution in [2.75, 3.05) is 17.2 Å². The van der Waals surface area contributed by atoms with Crippen LogP contribution in [0.15, 0.2) is 30.5 Å². The van der Waals surface area contributed by atoms with E-state index < -0.39 is 5.91 Å². The number of aromatic amines is 1. The van der Waals surface area contributed by atoms with Crippen molar-refractivity contribution in [3.05, 3.63) is 36.2 Å². The van der Waals surface area contributed by atoms with Gasteiger partial charge in [0.1, 0.15) is 5.75 Å². The summed E-state index contributed by atoms with van der Waals surface area (Å²) in [5.74, 6) is -0.339. The number of ether oxygens (including phenoxy) is 1. The van der Waals surface area contributed by atoms with Crippen molar-refractivity contribution in [3.63, 3.8) is 0 Å². The second kappa shape index (κ2) is 5.23. The molecule has 4 rings (SSSR count). The molecule has 5 N–H and O–H groups in total. The van der Waals surface area contributed by atoms with Gasteiger partial charge in [0.05, 0.1) is 11.4 Å². The number of H-pyrrole nitrogens is 1.